The fourth-order valence-electron chi connectivity index (χ4n) is 2.99. The van der Waals surface area contributed by atoms with Crippen LogP contribution in [0.4, 0.5) is 0 Å². The van der Waals surface area contributed by atoms with Crippen molar-refractivity contribution in [2.24, 2.45) is 0 Å². The van der Waals surface area contributed by atoms with Crippen LogP contribution in [0.2, 0.25) is 0 Å². The highest BCUT2D eigenvalue weighted by Crippen LogP contribution is 2.45. The average molecular weight is 294 g/mol. The number of allylic oxidation sites excluding steroid dienone is 1. The monoisotopic (exact) mass is 294 g/mol. The maximum Gasteiger partial charge on any atom is 0.190 e. The van der Waals surface area contributed by atoms with E-state index in [0.717, 1.165) is 22.3 Å². The first-order valence-electron chi connectivity index (χ1n) is 7.30. The molecule has 0 bridgehead atoms. The molecule has 0 aromatic heterocycles. The molecule has 2 aromatic rings. The van der Waals surface area contributed by atoms with Crippen LogP contribution in [0.1, 0.15) is 34.8 Å². The first-order chi connectivity index (χ1) is 10.7. The summed E-state index contributed by atoms with van der Waals surface area (Å²) < 4.78 is 10.8. The predicted octanol–water partition coefficient (Wildman–Crippen LogP) is 4.11. The molecule has 3 rings (SSSR count). The molecule has 0 radical (unpaired) electrons. The average Bonchev–Trinajstić information content (AvgIpc) is 2.87. The van der Waals surface area contributed by atoms with Crippen molar-refractivity contribution >= 4 is 11.4 Å². The van der Waals surface area contributed by atoms with E-state index in [0.29, 0.717) is 23.5 Å². The summed E-state index contributed by atoms with van der Waals surface area (Å²) >= 11 is 0. The summed E-state index contributed by atoms with van der Waals surface area (Å²) in [7, 11) is 3.21. The number of rotatable bonds is 4. The van der Waals surface area contributed by atoms with Gasteiger partial charge in [0.1, 0.15) is 11.5 Å². The first-order valence-corrected chi connectivity index (χ1v) is 7.30. The van der Waals surface area contributed by atoms with Crippen LogP contribution in [-0.4, -0.2) is 20.0 Å². The normalized spacial score (nSPS) is 13.3. The van der Waals surface area contributed by atoms with Crippen molar-refractivity contribution in [3.05, 3.63) is 64.7 Å². The SMILES string of the molecule is CCC1=C(c2ccccc2)c2c(OC)cc(OC)cc2C1=O. The smallest absolute Gasteiger partial charge is 0.190 e. The zero-order chi connectivity index (χ0) is 15.7. The van der Waals surface area contributed by atoms with E-state index >= 15 is 0 Å². The summed E-state index contributed by atoms with van der Waals surface area (Å²) in [5.41, 5.74) is 4.37. The first kappa shape index (κ1) is 14.4. The molecule has 0 fully saturated rings. The molecule has 0 aliphatic heterocycles. The summed E-state index contributed by atoms with van der Waals surface area (Å²) in [5.74, 6) is 1.37. The molecule has 1 aliphatic rings. The summed E-state index contributed by atoms with van der Waals surface area (Å²) in [6, 6.07) is 13.6. The van der Waals surface area contributed by atoms with Crippen molar-refractivity contribution in [1.82, 2.24) is 0 Å². The van der Waals surface area contributed by atoms with Crippen molar-refractivity contribution in [2.75, 3.05) is 14.2 Å². The Morgan fingerprint density at radius 3 is 2.32 bits per heavy atom. The number of fused-ring (bicyclic) bond motifs is 1. The van der Waals surface area contributed by atoms with Crippen molar-refractivity contribution in [1.29, 1.82) is 0 Å². The number of carbonyl (C=O) groups excluding carboxylic acids is 1. The zero-order valence-corrected chi connectivity index (χ0v) is 13.0. The van der Waals surface area contributed by atoms with Gasteiger partial charge < -0.3 is 9.47 Å². The van der Waals surface area contributed by atoms with Crippen molar-refractivity contribution < 1.29 is 14.3 Å². The Morgan fingerprint density at radius 1 is 1.00 bits per heavy atom. The molecule has 112 valence electrons. The minimum absolute atomic E-state index is 0.0635. The number of ketones is 1. The summed E-state index contributed by atoms with van der Waals surface area (Å²) in [5, 5.41) is 0. The zero-order valence-electron chi connectivity index (χ0n) is 13.0. The molecule has 3 heteroatoms. The third kappa shape index (κ3) is 2.10. The molecule has 0 spiro atoms. The van der Waals surface area contributed by atoms with Crippen LogP contribution in [0.25, 0.3) is 5.57 Å². The lowest BCUT2D eigenvalue weighted by Crippen LogP contribution is -1.99. The summed E-state index contributed by atoms with van der Waals surface area (Å²) in [4.78, 5) is 12.8. The molecule has 3 nitrogen and oxygen atoms in total. The van der Waals surface area contributed by atoms with Crippen LogP contribution in [0.15, 0.2) is 48.0 Å². The molecule has 22 heavy (non-hydrogen) atoms. The molecule has 1 aliphatic carbocycles. The molecular weight excluding hydrogens is 276 g/mol. The summed E-state index contributed by atoms with van der Waals surface area (Å²) in [6.45, 7) is 2.01. The van der Waals surface area contributed by atoms with Gasteiger partial charge in [-0.05, 0) is 18.1 Å². The lowest BCUT2D eigenvalue weighted by molar-refractivity contribution is 0.103. The van der Waals surface area contributed by atoms with E-state index in [-0.39, 0.29) is 5.78 Å². The maximum absolute atomic E-state index is 12.8. The second-order valence-electron chi connectivity index (χ2n) is 5.15. The Bertz CT molecular complexity index is 758. The molecule has 0 saturated heterocycles. The highest BCUT2D eigenvalue weighted by Gasteiger charge is 2.32. The van der Waals surface area contributed by atoms with Gasteiger partial charge in [0.05, 0.1) is 14.2 Å². The van der Waals surface area contributed by atoms with Crippen molar-refractivity contribution in [2.45, 2.75) is 13.3 Å². The van der Waals surface area contributed by atoms with Gasteiger partial charge in [0, 0.05) is 28.3 Å². The molecule has 0 amide bonds. The highest BCUT2D eigenvalue weighted by molar-refractivity contribution is 6.23. The van der Waals surface area contributed by atoms with Crippen LogP contribution < -0.4 is 9.47 Å². The Balaban J connectivity index is 2.31. The van der Waals surface area contributed by atoms with Gasteiger partial charge in [0.15, 0.2) is 5.78 Å². The van der Waals surface area contributed by atoms with Gasteiger partial charge in [-0.3, -0.25) is 4.79 Å². The number of hydrogen-bond donors (Lipinski definition) is 0. The molecule has 0 unspecified atom stereocenters. The number of Topliss-reactive ketones (excluding diaryl/α,β-unsaturated/α-hetero) is 1. The Labute approximate surface area is 130 Å². The fourth-order valence-corrected chi connectivity index (χ4v) is 2.99. The van der Waals surface area contributed by atoms with Gasteiger partial charge in [-0.15, -0.1) is 0 Å². The minimum atomic E-state index is 0.0635. The highest BCUT2D eigenvalue weighted by atomic mass is 16.5. The van der Waals surface area contributed by atoms with E-state index in [1.54, 1.807) is 20.3 Å². The minimum Gasteiger partial charge on any atom is -0.497 e. The quantitative estimate of drug-likeness (QED) is 0.851. The number of methoxy groups -OCH3 is 2. The van der Waals surface area contributed by atoms with Gasteiger partial charge in [-0.2, -0.15) is 0 Å². The molecule has 2 aromatic carbocycles. The standard InChI is InChI=1S/C19H18O3/c1-4-14-17(12-8-6-5-7-9-12)18-15(19(14)20)10-13(21-2)11-16(18)22-3/h5-11H,4H2,1-3H3. The van der Waals surface area contributed by atoms with Crippen LogP contribution in [0.3, 0.4) is 0 Å². The number of carbonyl (C=O) groups is 1. The van der Waals surface area contributed by atoms with Crippen LogP contribution in [0, 0.1) is 0 Å². The van der Waals surface area contributed by atoms with Gasteiger partial charge in [0.25, 0.3) is 0 Å². The van der Waals surface area contributed by atoms with E-state index in [1.807, 2.05) is 43.3 Å². The lowest BCUT2D eigenvalue weighted by Gasteiger charge is -2.13. The topological polar surface area (TPSA) is 35.5 Å². The molecular formula is C19H18O3. The van der Waals surface area contributed by atoms with Crippen LogP contribution in [-0.2, 0) is 0 Å². The molecule has 0 N–H and O–H groups in total. The Hall–Kier alpha value is -2.55. The molecule has 0 saturated carbocycles. The predicted molar refractivity (Wildman–Crippen MR) is 86.6 cm³/mol. The van der Waals surface area contributed by atoms with Gasteiger partial charge in [-0.25, -0.2) is 0 Å². The second-order valence-corrected chi connectivity index (χ2v) is 5.15. The number of ether oxygens (including phenoxy) is 2. The Kier molecular flexibility index (Phi) is 3.72. The van der Waals surface area contributed by atoms with Crippen molar-refractivity contribution in [3.8, 4) is 11.5 Å². The van der Waals surface area contributed by atoms with Crippen LogP contribution in [0.5, 0.6) is 11.5 Å². The number of benzene rings is 2. The van der Waals surface area contributed by atoms with E-state index in [9.17, 15) is 4.79 Å². The van der Waals surface area contributed by atoms with E-state index in [2.05, 4.69) is 0 Å². The van der Waals surface area contributed by atoms with Gasteiger partial charge in [0.2, 0.25) is 0 Å². The van der Waals surface area contributed by atoms with E-state index in [4.69, 9.17) is 9.47 Å². The van der Waals surface area contributed by atoms with Crippen LogP contribution >= 0.6 is 0 Å². The molecule has 0 heterocycles. The fraction of sp³-hybridized carbons (Fsp3) is 0.211. The van der Waals surface area contributed by atoms with E-state index < -0.39 is 0 Å². The lowest BCUT2D eigenvalue weighted by atomic mass is 9.96. The van der Waals surface area contributed by atoms with E-state index in [1.165, 1.54) is 0 Å². The van der Waals surface area contributed by atoms with Gasteiger partial charge >= 0.3 is 0 Å². The second kappa shape index (κ2) is 5.68. The maximum atomic E-state index is 12.8. The largest absolute Gasteiger partial charge is 0.497 e. The third-order valence-corrected chi connectivity index (χ3v) is 4.02. The molecule has 0 atom stereocenters. The third-order valence-electron chi connectivity index (χ3n) is 4.02. The number of hydrogen-bond acceptors (Lipinski definition) is 3. The summed E-state index contributed by atoms with van der Waals surface area (Å²) in [6.07, 6.45) is 0.684. The van der Waals surface area contributed by atoms with Gasteiger partial charge in [-0.1, -0.05) is 37.3 Å². The van der Waals surface area contributed by atoms with Crippen molar-refractivity contribution in [3.63, 3.8) is 0 Å². The Morgan fingerprint density at radius 2 is 1.73 bits per heavy atom.